The third-order valence-corrected chi connectivity index (χ3v) is 4.87. The summed E-state index contributed by atoms with van der Waals surface area (Å²) >= 11 is 1.66. The Morgan fingerprint density at radius 3 is 2.64 bits per heavy atom. The molecule has 3 aromatic rings. The van der Waals surface area contributed by atoms with Crippen molar-refractivity contribution in [1.82, 2.24) is 14.6 Å². The van der Waals surface area contributed by atoms with E-state index in [2.05, 4.69) is 22.1 Å². The van der Waals surface area contributed by atoms with E-state index < -0.39 is 0 Å². The second kappa shape index (κ2) is 5.53. The lowest BCUT2D eigenvalue weighted by Crippen LogP contribution is -2.20. The van der Waals surface area contributed by atoms with Gasteiger partial charge in [0, 0.05) is 24.1 Å². The molecule has 3 heterocycles. The Labute approximate surface area is 133 Å². The van der Waals surface area contributed by atoms with Gasteiger partial charge in [0.1, 0.15) is 11.6 Å². The van der Waals surface area contributed by atoms with Crippen LogP contribution in [0.3, 0.4) is 0 Å². The predicted molar refractivity (Wildman–Crippen MR) is 89.4 cm³/mol. The fraction of sp³-hybridized carbons (Fsp3) is 0.250. The van der Waals surface area contributed by atoms with Crippen LogP contribution in [-0.2, 0) is 0 Å². The zero-order valence-electron chi connectivity index (χ0n) is 12.1. The summed E-state index contributed by atoms with van der Waals surface area (Å²) in [5.74, 6) is 1.59. The highest BCUT2D eigenvalue weighted by Gasteiger charge is 2.17. The predicted octanol–water partition coefficient (Wildman–Crippen LogP) is 3.06. The molecule has 0 atom stereocenters. The van der Waals surface area contributed by atoms with Gasteiger partial charge in [-0.25, -0.2) is 4.98 Å². The summed E-state index contributed by atoms with van der Waals surface area (Å²) in [4.78, 5) is 9.29. The van der Waals surface area contributed by atoms with Gasteiger partial charge in [0.05, 0.1) is 11.1 Å². The fourth-order valence-corrected chi connectivity index (χ4v) is 3.62. The van der Waals surface area contributed by atoms with E-state index in [9.17, 15) is 0 Å². The average molecular weight is 311 g/mol. The summed E-state index contributed by atoms with van der Waals surface area (Å²) in [6.07, 6.45) is 4.28. The number of nitrogens with zero attached hydrogens (tertiary/aromatic N) is 4. The van der Waals surface area contributed by atoms with Crippen LogP contribution in [0.5, 0.6) is 0 Å². The number of hydrogen-bond donors (Lipinski definition) is 1. The van der Waals surface area contributed by atoms with E-state index in [0.717, 1.165) is 29.5 Å². The number of rotatable bonds is 3. The number of anilines is 2. The standard InChI is InChI=1S/C16H17N5S/c17-14-10-15(20-8-4-5-9-20)19-16-13(11-18-21(14)16)22-12-6-2-1-3-7-12/h1-3,6-7,10-11H,4-5,8-9,17H2. The molecule has 4 rings (SSSR count). The number of nitrogen functional groups attached to an aromatic ring is 1. The SMILES string of the molecule is Nc1cc(N2CCCC2)nc2c(Sc3ccccc3)cnn12. The molecule has 0 bridgehead atoms. The molecule has 22 heavy (non-hydrogen) atoms. The monoisotopic (exact) mass is 311 g/mol. The molecule has 112 valence electrons. The van der Waals surface area contributed by atoms with E-state index in [0.29, 0.717) is 5.82 Å². The van der Waals surface area contributed by atoms with Crippen molar-refractivity contribution in [3.63, 3.8) is 0 Å². The number of hydrogen-bond acceptors (Lipinski definition) is 5. The van der Waals surface area contributed by atoms with Crippen LogP contribution < -0.4 is 10.6 Å². The number of nitrogens with two attached hydrogens (primary N) is 1. The summed E-state index contributed by atoms with van der Waals surface area (Å²) in [7, 11) is 0. The van der Waals surface area contributed by atoms with Crippen LogP contribution in [0, 0.1) is 0 Å². The maximum Gasteiger partial charge on any atom is 0.173 e. The Bertz CT molecular complexity index is 793. The van der Waals surface area contributed by atoms with Crippen LogP contribution in [0.15, 0.2) is 52.4 Å². The van der Waals surface area contributed by atoms with Crippen molar-refractivity contribution in [3.8, 4) is 0 Å². The van der Waals surface area contributed by atoms with Gasteiger partial charge >= 0.3 is 0 Å². The topological polar surface area (TPSA) is 59.5 Å². The molecule has 5 nitrogen and oxygen atoms in total. The molecule has 0 spiro atoms. The molecule has 1 saturated heterocycles. The van der Waals surface area contributed by atoms with Gasteiger partial charge in [0.15, 0.2) is 5.65 Å². The molecule has 1 fully saturated rings. The molecular formula is C16H17N5S. The molecule has 0 amide bonds. The lowest BCUT2D eigenvalue weighted by molar-refractivity contribution is 0.905. The quantitative estimate of drug-likeness (QED) is 0.805. The first kappa shape index (κ1) is 13.5. The molecule has 2 aromatic heterocycles. The molecule has 0 saturated carbocycles. The lowest BCUT2D eigenvalue weighted by atomic mass is 10.4. The average Bonchev–Trinajstić information content (AvgIpc) is 3.19. The molecule has 1 aliphatic heterocycles. The highest BCUT2D eigenvalue weighted by molar-refractivity contribution is 7.99. The molecular weight excluding hydrogens is 294 g/mol. The van der Waals surface area contributed by atoms with Crippen LogP contribution in [0.2, 0.25) is 0 Å². The van der Waals surface area contributed by atoms with E-state index in [1.165, 1.54) is 17.7 Å². The molecule has 0 unspecified atom stereocenters. The van der Waals surface area contributed by atoms with Crippen molar-refractivity contribution in [1.29, 1.82) is 0 Å². The Morgan fingerprint density at radius 1 is 1.09 bits per heavy atom. The molecule has 1 aromatic carbocycles. The van der Waals surface area contributed by atoms with Crippen molar-refractivity contribution >= 4 is 29.0 Å². The van der Waals surface area contributed by atoms with E-state index in [-0.39, 0.29) is 0 Å². The maximum atomic E-state index is 6.16. The minimum atomic E-state index is 0.631. The smallest absolute Gasteiger partial charge is 0.173 e. The zero-order valence-corrected chi connectivity index (χ0v) is 13.0. The Balaban J connectivity index is 1.76. The number of benzene rings is 1. The molecule has 0 radical (unpaired) electrons. The first-order chi connectivity index (χ1) is 10.8. The van der Waals surface area contributed by atoms with Gasteiger partial charge in [0.25, 0.3) is 0 Å². The summed E-state index contributed by atoms with van der Waals surface area (Å²) < 4.78 is 1.71. The van der Waals surface area contributed by atoms with E-state index in [4.69, 9.17) is 10.7 Å². The van der Waals surface area contributed by atoms with Crippen LogP contribution in [0.4, 0.5) is 11.6 Å². The van der Waals surface area contributed by atoms with E-state index in [1.54, 1.807) is 16.3 Å². The lowest BCUT2D eigenvalue weighted by Gasteiger charge is -2.17. The van der Waals surface area contributed by atoms with Gasteiger partial charge in [-0.2, -0.15) is 9.61 Å². The van der Waals surface area contributed by atoms with Gasteiger partial charge in [-0.1, -0.05) is 30.0 Å². The van der Waals surface area contributed by atoms with Crippen molar-refractivity contribution in [2.45, 2.75) is 22.6 Å². The van der Waals surface area contributed by atoms with Crippen LogP contribution in [0.25, 0.3) is 5.65 Å². The van der Waals surface area contributed by atoms with E-state index in [1.807, 2.05) is 30.5 Å². The Hall–Kier alpha value is -2.21. The molecule has 6 heteroatoms. The first-order valence-electron chi connectivity index (χ1n) is 7.43. The van der Waals surface area contributed by atoms with Gasteiger partial charge in [-0.05, 0) is 25.0 Å². The Kier molecular flexibility index (Phi) is 3.38. The summed E-state index contributed by atoms with van der Waals surface area (Å²) in [5, 5.41) is 4.37. The Morgan fingerprint density at radius 2 is 1.86 bits per heavy atom. The second-order valence-corrected chi connectivity index (χ2v) is 6.51. The van der Waals surface area contributed by atoms with Crippen molar-refractivity contribution in [2.75, 3.05) is 23.7 Å². The van der Waals surface area contributed by atoms with Gasteiger partial charge < -0.3 is 10.6 Å². The van der Waals surface area contributed by atoms with Crippen molar-refractivity contribution in [2.24, 2.45) is 0 Å². The third kappa shape index (κ3) is 2.39. The van der Waals surface area contributed by atoms with Crippen LogP contribution in [0.1, 0.15) is 12.8 Å². The normalized spacial score (nSPS) is 14.8. The van der Waals surface area contributed by atoms with Crippen molar-refractivity contribution in [3.05, 3.63) is 42.6 Å². The fourth-order valence-electron chi connectivity index (χ4n) is 2.75. The zero-order chi connectivity index (χ0) is 14.9. The van der Waals surface area contributed by atoms with Gasteiger partial charge in [-0.15, -0.1) is 0 Å². The second-order valence-electron chi connectivity index (χ2n) is 5.39. The highest BCUT2D eigenvalue weighted by atomic mass is 32.2. The summed E-state index contributed by atoms with van der Waals surface area (Å²) in [6, 6.07) is 12.2. The molecule has 0 aliphatic carbocycles. The van der Waals surface area contributed by atoms with E-state index >= 15 is 0 Å². The van der Waals surface area contributed by atoms with Crippen molar-refractivity contribution < 1.29 is 0 Å². The van der Waals surface area contributed by atoms with Gasteiger partial charge in [0.2, 0.25) is 0 Å². The summed E-state index contributed by atoms with van der Waals surface area (Å²) in [6.45, 7) is 2.11. The minimum absolute atomic E-state index is 0.631. The maximum absolute atomic E-state index is 6.16. The van der Waals surface area contributed by atoms with Crippen LogP contribution in [-0.4, -0.2) is 27.7 Å². The number of fused-ring (bicyclic) bond motifs is 1. The highest BCUT2D eigenvalue weighted by Crippen LogP contribution is 2.32. The largest absolute Gasteiger partial charge is 0.383 e. The van der Waals surface area contributed by atoms with Gasteiger partial charge in [-0.3, -0.25) is 0 Å². The molecule has 2 N–H and O–H groups in total. The summed E-state index contributed by atoms with van der Waals surface area (Å²) in [5.41, 5.74) is 6.99. The first-order valence-corrected chi connectivity index (χ1v) is 8.25. The number of aromatic nitrogens is 3. The minimum Gasteiger partial charge on any atom is -0.383 e. The molecule has 1 aliphatic rings. The third-order valence-electron chi connectivity index (χ3n) is 3.85. The van der Waals surface area contributed by atoms with Crippen LogP contribution >= 0.6 is 11.8 Å².